The van der Waals surface area contributed by atoms with E-state index in [0.29, 0.717) is 31.2 Å². The smallest absolute Gasteiger partial charge is 0.191 e. The molecule has 0 spiro atoms. The van der Waals surface area contributed by atoms with E-state index in [-0.39, 0.29) is 0 Å². The van der Waals surface area contributed by atoms with Crippen molar-refractivity contribution in [2.45, 2.75) is 39.7 Å². The third-order valence-electron chi connectivity index (χ3n) is 4.75. The number of ether oxygens (including phenoxy) is 3. The van der Waals surface area contributed by atoms with Gasteiger partial charge in [0.15, 0.2) is 5.96 Å². The second-order valence-corrected chi connectivity index (χ2v) is 6.35. The van der Waals surface area contributed by atoms with E-state index in [9.17, 15) is 0 Å². The molecule has 0 unspecified atom stereocenters. The number of aryl methyl sites for hydroxylation is 2. The summed E-state index contributed by atoms with van der Waals surface area (Å²) in [6.07, 6.45) is 2.35. The molecule has 1 heterocycles. The van der Waals surface area contributed by atoms with Gasteiger partial charge < -0.3 is 29.4 Å². The summed E-state index contributed by atoms with van der Waals surface area (Å²) in [6.45, 7) is 5.41. The highest BCUT2D eigenvalue weighted by atomic mass is 16.5. The molecule has 2 aromatic rings. The van der Waals surface area contributed by atoms with Crippen molar-refractivity contribution in [2.24, 2.45) is 4.99 Å². The summed E-state index contributed by atoms with van der Waals surface area (Å²) in [5.41, 5.74) is 3.06. The molecule has 0 saturated carbocycles. The summed E-state index contributed by atoms with van der Waals surface area (Å²) < 4.78 is 21.7. The SMILES string of the molecule is CCc1noc(CC)c1CNC(=NC)NCCc1c(OC)cc(OC)cc1OC. The maximum absolute atomic E-state index is 5.51. The van der Waals surface area contributed by atoms with Gasteiger partial charge in [0.2, 0.25) is 0 Å². The zero-order chi connectivity index (χ0) is 21.2. The molecule has 0 atom stereocenters. The molecule has 0 aliphatic heterocycles. The number of benzene rings is 1. The van der Waals surface area contributed by atoms with E-state index < -0.39 is 0 Å². The monoisotopic (exact) mass is 404 g/mol. The fraction of sp³-hybridized carbons (Fsp3) is 0.524. The Balaban J connectivity index is 2.00. The minimum absolute atomic E-state index is 0.616. The van der Waals surface area contributed by atoms with Crippen LogP contribution in [0.2, 0.25) is 0 Å². The molecule has 1 aromatic carbocycles. The van der Waals surface area contributed by atoms with Gasteiger partial charge in [0.1, 0.15) is 23.0 Å². The molecule has 1 aromatic heterocycles. The fourth-order valence-corrected chi connectivity index (χ4v) is 3.16. The van der Waals surface area contributed by atoms with Crippen LogP contribution in [0.4, 0.5) is 0 Å². The molecular weight excluding hydrogens is 372 g/mol. The number of hydrogen-bond acceptors (Lipinski definition) is 6. The number of aromatic nitrogens is 1. The minimum atomic E-state index is 0.616. The Morgan fingerprint density at radius 1 is 1.00 bits per heavy atom. The molecule has 0 saturated heterocycles. The van der Waals surface area contributed by atoms with E-state index in [1.807, 2.05) is 12.1 Å². The van der Waals surface area contributed by atoms with E-state index in [0.717, 1.165) is 46.9 Å². The van der Waals surface area contributed by atoms with Gasteiger partial charge in [-0.05, 0) is 12.8 Å². The molecular formula is C21H32N4O4. The van der Waals surface area contributed by atoms with Crippen LogP contribution >= 0.6 is 0 Å². The summed E-state index contributed by atoms with van der Waals surface area (Å²) in [5, 5.41) is 10.8. The Morgan fingerprint density at radius 2 is 1.69 bits per heavy atom. The predicted octanol–water partition coefficient (Wildman–Crippen LogP) is 2.73. The highest BCUT2D eigenvalue weighted by Crippen LogP contribution is 2.34. The zero-order valence-corrected chi connectivity index (χ0v) is 18.2. The number of nitrogens with zero attached hydrogens (tertiary/aromatic N) is 2. The maximum atomic E-state index is 5.51. The first-order chi connectivity index (χ1) is 14.1. The van der Waals surface area contributed by atoms with Crippen LogP contribution in [-0.2, 0) is 25.8 Å². The van der Waals surface area contributed by atoms with Gasteiger partial charge in [-0.25, -0.2) is 0 Å². The predicted molar refractivity (Wildman–Crippen MR) is 113 cm³/mol. The van der Waals surface area contributed by atoms with Crippen molar-refractivity contribution < 1.29 is 18.7 Å². The van der Waals surface area contributed by atoms with Gasteiger partial charge in [0.05, 0.1) is 27.0 Å². The van der Waals surface area contributed by atoms with Crippen molar-refractivity contribution in [3.63, 3.8) is 0 Å². The summed E-state index contributed by atoms with van der Waals surface area (Å²) in [7, 11) is 6.65. The van der Waals surface area contributed by atoms with Crippen LogP contribution in [0.25, 0.3) is 0 Å². The Morgan fingerprint density at radius 3 is 2.21 bits per heavy atom. The molecule has 29 heavy (non-hydrogen) atoms. The topological polar surface area (TPSA) is 90.1 Å². The van der Waals surface area contributed by atoms with Crippen molar-refractivity contribution >= 4 is 5.96 Å². The van der Waals surface area contributed by atoms with Gasteiger partial charge >= 0.3 is 0 Å². The number of methoxy groups -OCH3 is 3. The summed E-state index contributed by atoms with van der Waals surface area (Å²) in [4.78, 5) is 4.30. The van der Waals surface area contributed by atoms with E-state index in [1.54, 1.807) is 28.4 Å². The van der Waals surface area contributed by atoms with Gasteiger partial charge in [0, 0.05) is 49.8 Å². The molecule has 0 fully saturated rings. The van der Waals surface area contributed by atoms with Crippen LogP contribution < -0.4 is 24.8 Å². The fourth-order valence-electron chi connectivity index (χ4n) is 3.16. The molecule has 0 aliphatic carbocycles. The molecule has 160 valence electrons. The highest BCUT2D eigenvalue weighted by molar-refractivity contribution is 5.79. The van der Waals surface area contributed by atoms with Crippen LogP contribution in [0.3, 0.4) is 0 Å². The first-order valence-corrected chi connectivity index (χ1v) is 9.81. The molecule has 0 aliphatic rings. The minimum Gasteiger partial charge on any atom is -0.496 e. The third kappa shape index (κ3) is 5.56. The first kappa shape index (κ1) is 22.4. The average molecular weight is 405 g/mol. The lowest BCUT2D eigenvalue weighted by Crippen LogP contribution is -2.38. The zero-order valence-electron chi connectivity index (χ0n) is 18.2. The van der Waals surface area contributed by atoms with Gasteiger partial charge in [0.25, 0.3) is 0 Å². The summed E-state index contributed by atoms with van der Waals surface area (Å²) >= 11 is 0. The van der Waals surface area contributed by atoms with E-state index in [4.69, 9.17) is 18.7 Å². The summed E-state index contributed by atoms with van der Waals surface area (Å²) in [5.74, 6) is 3.78. The Labute approximate surface area is 172 Å². The van der Waals surface area contributed by atoms with Crippen molar-refractivity contribution in [3.05, 3.63) is 34.7 Å². The number of aliphatic imine (C=N–C) groups is 1. The van der Waals surface area contributed by atoms with Crippen LogP contribution in [0.15, 0.2) is 21.6 Å². The van der Waals surface area contributed by atoms with Crippen LogP contribution in [0.1, 0.15) is 36.4 Å². The number of rotatable bonds is 10. The van der Waals surface area contributed by atoms with E-state index >= 15 is 0 Å². The molecule has 2 rings (SSSR count). The molecule has 0 amide bonds. The van der Waals surface area contributed by atoms with E-state index in [1.165, 1.54) is 0 Å². The van der Waals surface area contributed by atoms with Gasteiger partial charge in [-0.2, -0.15) is 0 Å². The Bertz CT molecular complexity index is 771. The van der Waals surface area contributed by atoms with Gasteiger partial charge in [-0.3, -0.25) is 4.99 Å². The maximum Gasteiger partial charge on any atom is 0.191 e. The van der Waals surface area contributed by atoms with Crippen molar-refractivity contribution in [1.29, 1.82) is 0 Å². The number of hydrogen-bond donors (Lipinski definition) is 2. The van der Waals surface area contributed by atoms with Gasteiger partial charge in [-0.15, -0.1) is 0 Å². The molecule has 0 bridgehead atoms. The molecule has 8 heteroatoms. The van der Waals surface area contributed by atoms with Crippen molar-refractivity contribution in [2.75, 3.05) is 34.9 Å². The lowest BCUT2D eigenvalue weighted by Gasteiger charge is -2.16. The van der Waals surface area contributed by atoms with Crippen LogP contribution in [0, 0.1) is 0 Å². The van der Waals surface area contributed by atoms with Crippen LogP contribution in [0.5, 0.6) is 17.2 Å². The van der Waals surface area contributed by atoms with Gasteiger partial charge in [-0.1, -0.05) is 19.0 Å². The normalized spacial score (nSPS) is 11.3. The lowest BCUT2D eigenvalue weighted by molar-refractivity contribution is 0.368. The highest BCUT2D eigenvalue weighted by Gasteiger charge is 2.15. The second kappa shape index (κ2) is 11.2. The quantitative estimate of drug-likeness (QED) is 0.465. The molecule has 0 radical (unpaired) electrons. The van der Waals surface area contributed by atoms with E-state index in [2.05, 4.69) is 34.6 Å². The van der Waals surface area contributed by atoms with Crippen LogP contribution in [-0.4, -0.2) is 46.0 Å². The third-order valence-corrected chi connectivity index (χ3v) is 4.75. The number of guanidine groups is 1. The molecule has 8 nitrogen and oxygen atoms in total. The number of nitrogens with one attached hydrogen (secondary N) is 2. The standard InChI is InChI=1S/C21H32N4O4/c1-7-17-16(18(8-2)29-25-17)13-24-21(22-3)23-10-9-15-19(27-5)11-14(26-4)12-20(15)28-6/h11-12H,7-10,13H2,1-6H3,(H2,22,23,24). The molecule has 2 N–H and O–H groups in total. The second-order valence-electron chi connectivity index (χ2n) is 6.35. The summed E-state index contributed by atoms with van der Waals surface area (Å²) in [6, 6.07) is 3.71. The Hall–Kier alpha value is -2.90. The average Bonchev–Trinajstić information content (AvgIpc) is 3.17. The van der Waals surface area contributed by atoms with Crippen molar-refractivity contribution in [3.8, 4) is 17.2 Å². The largest absolute Gasteiger partial charge is 0.496 e. The lowest BCUT2D eigenvalue weighted by atomic mass is 10.1. The van der Waals surface area contributed by atoms with Crippen molar-refractivity contribution in [1.82, 2.24) is 15.8 Å². The first-order valence-electron chi connectivity index (χ1n) is 9.81. The Kier molecular flexibility index (Phi) is 8.64.